The Morgan fingerprint density at radius 2 is 0.600 bits per heavy atom. The Balaban J connectivity index is 5.17. The topological polar surface area (TPSA) is 237 Å². The van der Waals surface area contributed by atoms with Crippen molar-refractivity contribution in [2.24, 2.45) is 5.92 Å². The van der Waals surface area contributed by atoms with Crippen molar-refractivity contribution in [3.05, 3.63) is 0 Å². The maximum Gasteiger partial charge on any atom is 0.472 e. The molecule has 17 nitrogen and oxygen atoms in total. The second-order valence-corrected chi connectivity index (χ2v) is 25.2. The standard InChI is InChI=1S/C61H118O17P2/c1-6-10-13-16-19-20-21-22-23-24-25-26-27-30-37-42-47-61(66)78-57(51-72-59(64)45-40-35-32-31-33-38-43-54(5)9-4)53-76-80(69,70)74-49-55(62)48-73-79(67,68)75-52-56(77-60(65)46-41-36-29-18-15-12-8-3)50-71-58(63)44-39-34-28-17-14-11-7-2/h54-57,62H,6-53H2,1-5H3,(H,67,68)(H,69,70)/t54?,55-,56+,57+/m0/s1. The first kappa shape index (κ1) is 78.1. The van der Waals surface area contributed by atoms with Gasteiger partial charge in [-0.05, 0) is 31.6 Å². The first-order valence-electron chi connectivity index (χ1n) is 32.2. The number of phosphoric acid groups is 2. The molecule has 0 aromatic carbocycles. The summed E-state index contributed by atoms with van der Waals surface area (Å²) in [5.74, 6) is -1.42. The molecule has 0 radical (unpaired) electrons. The van der Waals surface area contributed by atoms with Crippen molar-refractivity contribution in [1.82, 2.24) is 0 Å². The average molecular weight is 1190 g/mol. The van der Waals surface area contributed by atoms with Crippen LogP contribution in [0.5, 0.6) is 0 Å². The molecule has 0 saturated heterocycles. The molecule has 0 fully saturated rings. The van der Waals surface area contributed by atoms with Gasteiger partial charge in [0.05, 0.1) is 26.4 Å². The largest absolute Gasteiger partial charge is 0.472 e. The highest BCUT2D eigenvalue weighted by molar-refractivity contribution is 7.47. The zero-order chi connectivity index (χ0) is 59.2. The molecule has 474 valence electrons. The van der Waals surface area contributed by atoms with E-state index in [9.17, 15) is 43.2 Å². The van der Waals surface area contributed by atoms with E-state index in [0.29, 0.717) is 25.7 Å². The lowest BCUT2D eigenvalue weighted by Gasteiger charge is -2.21. The van der Waals surface area contributed by atoms with Crippen molar-refractivity contribution < 1.29 is 80.2 Å². The highest BCUT2D eigenvalue weighted by atomic mass is 31.2. The summed E-state index contributed by atoms with van der Waals surface area (Å²) in [5, 5.41) is 10.5. The third-order valence-corrected chi connectivity index (χ3v) is 16.3. The number of hydrogen-bond acceptors (Lipinski definition) is 15. The molecule has 3 N–H and O–H groups in total. The Morgan fingerprint density at radius 3 is 0.887 bits per heavy atom. The van der Waals surface area contributed by atoms with Crippen LogP contribution in [-0.4, -0.2) is 96.7 Å². The molecule has 0 spiro atoms. The molecule has 0 aromatic heterocycles. The summed E-state index contributed by atoms with van der Waals surface area (Å²) < 4.78 is 67.7. The van der Waals surface area contributed by atoms with E-state index in [2.05, 4.69) is 34.6 Å². The molecular formula is C61H118O17P2. The van der Waals surface area contributed by atoms with Crippen molar-refractivity contribution in [2.75, 3.05) is 39.6 Å². The molecule has 0 heterocycles. The van der Waals surface area contributed by atoms with Crippen molar-refractivity contribution in [2.45, 2.75) is 323 Å². The monoisotopic (exact) mass is 1180 g/mol. The molecule has 6 atom stereocenters. The summed E-state index contributed by atoms with van der Waals surface area (Å²) in [6.07, 6.45) is 37.9. The first-order valence-corrected chi connectivity index (χ1v) is 35.2. The Kier molecular flexibility index (Phi) is 53.6. The SMILES string of the molecule is CCCCCCCCCCCCCCCCCCC(=O)O[C@H](COC(=O)CCCCCCCCC(C)CC)COP(=O)(O)OC[C@@H](O)COP(=O)(O)OC[C@@H](COC(=O)CCCCCCCCC)OC(=O)CCCCCCCCC. The van der Waals surface area contributed by atoms with Crippen LogP contribution in [0.4, 0.5) is 0 Å². The van der Waals surface area contributed by atoms with Crippen LogP contribution in [0.15, 0.2) is 0 Å². The predicted molar refractivity (Wildman–Crippen MR) is 317 cm³/mol. The first-order chi connectivity index (χ1) is 38.6. The van der Waals surface area contributed by atoms with Gasteiger partial charge in [0, 0.05) is 25.7 Å². The van der Waals surface area contributed by atoms with Crippen molar-refractivity contribution >= 4 is 39.5 Å². The fraction of sp³-hybridized carbons (Fsp3) is 0.934. The van der Waals surface area contributed by atoms with Gasteiger partial charge in [-0.2, -0.15) is 0 Å². The summed E-state index contributed by atoms with van der Waals surface area (Å²) in [5.41, 5.74) is 0. The number of esters is 4. The van der Waals surface area contributed by atoms with E-state index in [1.165, 1.54) is 96.3 Å². The van der Waals surface area contributed by atoms with E-state index in [1.807, 2.05) is 0 Å². The molecule has 0 amide bonds. The predicted octanol–water partition coefficient (Wildman–Crippen LogP) is 16.6. The molecule has 0 saturated carbocycles. The van der Waals surface area contributed by atoms with Gasteiger partial charge in [-0.15, -0.1) is 0 Å². The lowest BCUT2D eigenvalue weighted by atomic mass is 10.00. The van der Waals surface area contributed by atoms with Gasteiger partial charge in [0.2, 0.25) is 0 Å². The highest BCUT2D eigenvalue weighted by Gasteiger charge is 2.30. The van der Waals surface area contributed by atoms with E-state index < -0.39 is 97.5 Å². The number of rotatable bonds is 61. The number of carbonyl (C=O) groups is 4. The van der Waals surface area contributed by atoms with Crippen LogP contribution in [0.25, 0.3) is 0 Å². The zero-order valence-corrected chi connectivity index (χ0v) is 53.0. The van der Waals surface area contributed by atoms with Crippen LogP contribution in [-0.2, 0) is 65.4 Å². The van der Waals surface area contributed by atoms with Gasteiger partial charge in [0.15, 0.2) is 12.2 Å². The minimum absolute atomic E-state index is 0.103. The summed E-state index contributed by atoms with van der Waals surface area (Å²) in [6.45, 7) is 7.05. The van der Waals surface area contributed by atoms with Crippen LogP contribution in [0.3, 0.4) is 0 Å². The molecular weight excluding hydrogens is 1070 g/mol. The maximum absolute atomic E-state index is 12.9. The molecule has 0 aromatic rings. The van der Waals surface area contributed by atoms with Crippen LogP contribution in [0.2, 0.25) is 0 Å². The number of phosphoric ester groups is 2. The van der Waals surface area contributed by atoms with Gasteiger partial charge in [-0.1, -0.05) is 253 Å². The molecule has 80 heavy (non-hydrogen) atoms. The fourth-order valence-electron chi connectivity index (χ4n) is 9.02. The Bertz CT molecular complexity index is 1570. The molecule has 0 aliphatic carbocycles. The smallest absolute Gasteiger partial charge is 0.462 e. The van der Waals surface area contributed by atoms with Crippen molar-refractivity contribution in [1.29, 1.82) is 0 Å². The minimum Gasteiger partial charge on any atom is -0.462 e. The summed E-state index contributed by atoms with van der Waals surface area (Å²) in [7, 11) is -9.87. The molecule has 0 bridgehead atoms. The minimum atomic E-state index is -4.94. The lowest BCUT2D eigenvalue weighted by Crippen LogP contribution is -2.30. The van der Waals surface area contributed by atoms with Gasteiger partial charge in [-0.25, -0.2) is 9.13 Å². The quantitative estimate of drug-likeness (QED) is 0.0222. The fourth-order valence-corrected chi connectivity index (χ4v) is 10.6. The molecule has 19 heteroatoms. The van der Waals surface area contributed by atoms with Gasteiger partial charge in [-0.3, -0.25) is 37.3 Å². The van der Waals surface area contributed by atoms with Crippen LogP contribution in [0, 0.1) is 5.92 Å². The number of ether oxygens (including phenoxy) is 4. The third-order valence-electron chi connectivity index (χ3n) is 14.4. The molecule has 3 unspecified atom stereocenters. The molecule has 0 aliphatic rings. The third kappa shape index (κ3) is 54.0. The molecule has 0 rings (SSSR count). The number of aliphatic hydroxyl groups is 1. The van der Waals surface area contributed by atoms with Crippen molar-refractivity contribution in [3.8, 4) is 0 Å². The van der Waals surface area contributed by atoms with Crippen LogP contribution in [0.1, 0.15) is 304 Å². The Labute approximate surface area is 486 Å². The number of hydrogen-bond donors (Lipinski definition) is 3. The van der Waals surface area contributed by atoms with E-state index in [4.69, 9.17) is 37.0 Å². The summed E-state index contributed by atoms with van der Waals surface area (Å²) in [6, 6.07) is 0. The summed E-state index contributed by atoms with van der Waals surface area (Å²) >= 11 is 0. The zero-order valence-electron chi connectivity index (χ0n) is 51.2. The second-order valence-electron chi connectivity index (χ2n) is 22.3. The average Bonchev–Trinajstić information content (AvgIpc) is 3.43. The van der Waals surface area contributed by atoms with Gasteiger partial charge < -0.3 is 33.8 Å². The van der Waals surface area contributed by atoms with Gasteiger partial charge >= 0.3 is 39.5 Å². The number of unbranched alkanes of at least 4 members (excludes halogenated alkanes) is 32. The second kappa shape index (κ2) is 55.0. The maximum atomic E-state index is 12.9. The normalized spacial score (nSPS) is 14.7. The lowest BCUT2D eigenvalue weighted by molar-refractivity contribution is -0.161. The van der Waals surface area contributed by atoms with Crippen LogP contribution < -0.4 is 0 Å². The highest BCUT2D eigenvalue weighted by Crippen LogP contribution is 2.45. The van der Waals surface area contributed by atoms with Crippen molar-refractivity contribution in [3.63, 3.8) is 0 Å². The Morgan fingerprint density at radius 1 is 0.350 bits per heavy atom. The van der Waals surface area contributed by atoms with E-state index in [-0.39, 0.29) is 25.7 Å². The van der Waals surface area contributed by atoms with E-state index in [0.717, 1.165) is 128 Å². The molecule has 0 aliphatic heterocycles. The van der Waals surface area contributed by atoms with Gasteiger partial charge in [0.25, 0.3) is 0 Å². The number of carbonyl (C=O) groups excluding carboxylic acids is 4. The Hall–Kier alpha value is -1.94. The van der Waals surface area contributed by atoms with Gasteiger partial charge in [0.1, 0.15) is 19.3 Å². The van der Waals surface area contributed by atoms with Crippen LogP contribution >= 0.6 is 15.6 Å². The van der Waals surface area contributed by atoms with E-state index in [1.54, 1.807) is 0 Å². The number of aliphatic hydroxyl groups excluding tert-OH is 1. The summed E-state index contributed by atoms with van der Waals surface area (Å²) in [4.78, 5) is 71.8. The van der Waals surface area contributed by atoms with E-state index >= 15 is 0 Å².